The maximum absolute atomic E-state index is 11.8. The van der Waals surface area contributed by atoms with E-state index < -0.39 is 27.0 Å². The van der Waals surface area contributed by atoms with Crippen molar-refractivity contribution >= 4 is 22.0 Å². The Morgan fingerprint density at radius 1 is 1.29 bits per heavy atom. The summed E-state index contributed by atoms with van der Waals surface area (Å²) in [4.78, 5) is 26.6. The van der Waals surface area contributed by atoms with Crippen molar-refractivity contribution in [1.29, 1.82) is 0 Å². The van der Waals surface area contributed by atoms with Gasteiger partial charge in [-0.1, -0.05) is 0 Å². The molecule has 1 unspecified atom stereocenters. The maximum atomic E-state index is 11.8. The zero-order valence-corrected chi connectivity index (χ0v) is 13.2. The van der Waals surface area contributed by atoms with Gasteiger partial charge in [-0.25, -0.2) is 18.4 Å². The van der Waals surface area contributed by atoms with Crippen LogP contribution in [0.2, 0.25) is 0 Å². The van der Waals surface area contributed by atoms with E-state index in [4.69, 9.17) is 9.88 Å². The maximum Gasteiger partial charge on any atom is 0.410 e. The van der Waals surface area contributed by atoms with Gasteiger partial charge in [0.2, 0.25) is 15.9 Å². The van der Waals surface area contributed by atoms with Gasteiger partial charge in [-0.2, -0.15) is 0 Å². The molecular weight excluding hydrogens is 298 g/mol. The Hall–Kier alpha value is -1.35. The molecule has 2 amide bonds. The van der Waals surface area contributed by atoms with Crippen LogP contribution in [0.5, 0.6) is 0 Å². The predicted octanol–water partition coefficient (Wildman–Crippen LogP) is -0.505. The second kappa shape index (κ2) is 5.13. The third-order valence-electron chi connectivity index (χ3n) is 3.54. The van der Waals surface area contributed by atoms with Gasteiger partial charge in [-0.15, -0.1) is 0 Å². The third-order valence-corrected chi connectivity index (χ3v) is 4.79. The molecule has 2 fully saturated rings. The number of nitrogens with two attached hydrogens (primary N) is 1. The first-order valence-electron chi connectivity index (χ1n) is 6.76. The van der Waals surface area contributed by atoms with E-state index in [2.05, 4.69) is 0 Å². The van der Waals surface area contributed by atoms with Gasteiger partial charge in [0.25, 0.3) is 0 Å². The number of hydrogen-bond acceptors (Lipinski definition) is 5. The number of rotatable bonds is 2. The summed E-state index contributed by atoms with van der Waals surface area (Å²) in [7, 11) is -3.71. The van der Waals surface area contributed by atoms with Gasteiger partial charge < -0.3 is 14.5 Å². The number of carbonyl (C=O) groups excluding carboxylic acids is 2. The molecule has 2 aliphatic heterocycles. The summed E-state index contributed by atoms with van der Waals surface area (Å²) >= 11 is 0. The number of nitrogens with zero attached hydrogens (tertiary/aromatic N) is 2. The van der Waals surface area contributed by atoms with Crippen molar-refractivity contribution in [2.24, 2.45) is 5.14 Å². The summed E-state index contributed by atoms with van der Waals surface area (Å²) in [6.45, 7) is 6.16. The quantitative estimate of drug-likeness (QED) is 0.737. The van der Waals surface area contributed by atoms with Crippen LogP contribution in [-0.2, 0) is 19.6 Å². The highest BCUT2D eigenvalue weighted by Gasteiger charge is 2.45. The monoisotopic (exact) mass is 319 g/mol. The zero-order chi connectivity index (χ0) is 16.0. The molecule has 21 heavy (non-hydrogen) atoms. The molecule has 2 N–H and O–H groups in total. The number of amides is 2. The second-order valence-electron chi connectivity index (χ2n) is 6.50. The van der Waals surface area contributed by atoms with E-state index in [1.165, 1.54) is 9.80 Å². The largest absolute Gasteiger partial charge is 0.444 e. The van der Waals surface area contributed by atoms with Crippen LogP contribution in [-0.4, -0.2) is 66.7 Å². The first kappa shape index (κ1) is 16.0. The van der Waals surface area contributed by atoms with Crippen LogP contribution in [0.15, 0.2) is 0 Å². The molecule has 2 rings (SSSR count). The summed E-state index contributed by atoms with van der Waals surface area (Å²) in [5.74, 6) is -0.233. The van der Waals surface area contributed by atoms with E-state index in [1.807, 2.05) is 0 Å². The van der Waals surface area contributed by atoms with Crippen molar-refractivity contribution in [3.05, 3.63) is 0 Å². The summed E-state index contributed by atoms with van der Waals surface area (Å²) in [5, 5.41) is 4.23. The van der Waals surface area contributed by atoms with Crippen molar-refractivity contribution in [2.45, 2.75) is 44.1 Å². The van der Waals surface area contributed by atoms with E-state index in [-0.39, 0.29) is 24.9 Å². The lowest BCUT2D eigenvalue weighted by molar-refractivity contribution is -0.132. The Balaban J connectivity index is 1.88. The minimum absolute atomic E-state index is 0.0816. The molecule has 1 atom stereocenters. The smallest absolute Gasteiger partial charge is 0.410 e. The lowest BCUT2D eigenvalue weighted by atomic mass is 10.1. The lowest BCUT2D eigenvalue weighted by Gasteiger charge is -2.44. The fourth-order valence-corrected chi connectivity index (χ4v) is 3.14. The topological polar surface area (TPSA) is 110 Å². The average Bonchev–Trinajstić information content (AvgIpc) is 2.55. The molecule has 0 aromatic heterocycles. The standard InChI is InChI=1S/C12H21N3O5S/c1-12(2,3)20-11(17)14-5-8(6-14)15-7-9(4-10(15)16)21(13,18)19/h8-9H,4-7H2,1-3H3,(H2,13,18,19). The Labute approximate surface area is 124 Å². The highest BCUT2D eigenvalue weighted by Crippen LogP contribution is 2.25. The average molecular weight is 319 g/mol. The number of primary sulfonamides is 1. The molecule has 9 heteroatoms. The van der Waals surface area contributed by atoms with Crippen LogP contribution >= 0.6 is 0 Å². The highest BCUT2D eigenvalue weighted by molar-refractivity contribution is 7.89. The molecule has 0 bridgehead atoms. The highest BCUT2D eigenvalue weighted by atomic mass is 32.2. The van der Waals surface area contributed by atoms with Crippen LogP contribution in [0.25, 0.3) is 0 Å². The Morgan fingerprint density at radius 2 is 1.86 bits per heavy atom. The number of sulfonamides is 1. The van der Waals surface area contributed by atoms with Gasteiger partial charge in [0.1, 0.15) is 10.9 Å². The van der Waals surface area contributed by atoms with Gasteiger partial charge in [0.05, 0.1) is 6.04 Å². The molecule has 2 aliphatic rings. The van der Waals surface area contributed by atoms with Crippen molar-refractivity contribution in [3.63, 3.8) is 0 Å². The number of hydrogen-bond donors (Lipinski definition) is 1. The lowest BCUT2D eigenvalue weighted by Crippen LogP contribution is -2.62. The van der Waals surface area contributed by atoms with E-state index in [0.717, 1.165) is 0 Å². The molecule has 2 heterocycles. The van der Waals surface area contributed by atoms with E-state index >= 15 is 0 Å². The number of carbonyl (C=O) groups is 2. The first-order valence-corrected chi connectivity index (χ1v) is 8.37. The molecule has 0 aromatic rings. The van der Waals surface area contributed by atoms with E-state index in [1.54, 1.807) is 20.8 Å². The Morgan fingerprint density at radius 3 is 2.29 bits per heavy atom. The van der Waals surface area contributed by atoms with Crippen LogP contribution in [0, 0.1) is 0 Å². The van der Waals surface area contributed by atoms with E-state index in [0.29, 0.717) is 13.1 Å². The summed E-state index contributed by atoms with van der Waals surface area (Å²) < 4.78 is 27.8. The molecule has 0 saturated carbocycles. The van der Waals surface area contributed by atoms with Crippen molar-refractivity contribution in [2.75, 3.05) is 19.6 Å². The van der Waals surface area contributed by atoms with Crippen LogP contribution < -0.4 is 5.14 Å². The fourth-order valence-electron chi connectivity index (χ4n) is 2.40. The normalized spacial score (nSPS) is 24.2. The van der Waals surface area contributed by atoms with Gasteiger partial charge in [0, 0.05) is 26.1 Å². The van der Waals surface area contributed by atoms with Gasteiger partial charge in [-0.05, 0) is 20.8 Å². The molecule has 0 radical (unpaired) electrons. The Kier molecular flexibility index (Phi) is 3.92. The minimum Gasteiger partial charge on any atom is -0.444 e. The molecule has 2 saturated heterocycles. The summed E-state index contributed by atoms with van der Waals surface area (Å²) in [6.07, 6.45) is -0.504. The Bertz CT molecular complexity index is 548. The number of ether oxygens (including phenoxy) is 1. The van der Waals surface area contributed by atoms with E-state index in [9.17, 15) is 18.0 Å². The first-order chi connectivity index (χ1) is 9.47. The molecule has 0 aliphatic carbocycles. The minimum atomic E-state index is -3.71. The van der Waals surface area contributed by atoms with Gasteiger partial charge in [-0.3, -0.25) is 4.79 Å². The molecule has 0 spiro atoms. The zero-order valence-electron chi connectivity index (χ0n) is 12.4. The summed E-state index contributed by atoms with van der Waals surface area (Å²) in [5.41, 5.74) is -0.565. The van der Waals surface area contributed by atoms with Crippen molar-refractivity contribution < 1.29 is 22.7 Å². The third kappa shape index (κ3) is 3.65. The number of likely N-dealkylation sites (tertiary alicyclic amines) is 2. The predicted molar refractivity (Wildman–Crippen MR) is 74.8 cm³/mol. The van der Waals surface area contributed by atoms with Crippen molar-refractivity contribution in [1.82, 2.24) is 9.80 Å². The van der Waals surface area contributed by atoms with Gasteiger partial charge >= 0.3 is 6.09 Å². The van der Waals surface area contributed by atoms with Crippen LogP contribution in [0.4, 0.5) is 4.79 Å². The molecule has 8 nitrogen and oxygen atoms in total. The van der Waals surface area contributed by atoms with Crippen LogP contribution in [0.3, 0.4) is 0 Å². The van der Waals surface area contributed by atoms with Gasteiger partial charge in [0.15, 0.2) is 0 Å². The fraction of sp³-hybridized carbons (Fsp3) is 0.833. The molecule has 120 valence electrons. The SMILES string of the molecule is CC(C)(C)OC(=O)N1CC(N2CC(S(N)(=O)=O)CC2=O)C1. The molecular formula is C12H21N3O5S. The van der Waals surface area contributed by atoms with Crippen LogP contribution in [0.1, 0.15) is 27.2 Å². The molecule has 0 aromatic carbocycles. The summed E-state index contributed by atoms with van der Waals surface area (Å²) in [6, 6.07) is -0.156. The van der Waals surface area contributed by atoms with Crippen molar-refractivity contribution in [3.8, 4) is 0 Å². The second-order valence-corrected chi connectivity index (χ2v) is 8.35.